The number of thiazole rings is 1. The Morgan fingerprint density at radius 3 is 3.11 bits per heavy atom. The number of nitrogens with one attached hydrogen (secondary N) is 2. The molecule has 1 saturated heterocycles. The lowest BCUT2D eigenvalue weighted by molar-refractivity contribution is 0.193. The second-order valence-electron chi connectivity index (χ2n) is 4.88. The average molecular weight is 288 g/mol. The van der Waals surface area contributed by atoms with Crippen LogP contribution in [0.15, 0.2) is 5.38 Å². The van der Waals surface area contributed by atoms with E-state index in [-0.39, 0.29) is 5.41 Å². The van der Waals surface area contributed by atoms with Crippen LogP contribution in [0.5, 0.6) is 0 Å². The molecule has 1 amide bonds. The van der Waals surface area contributed by atoms with E-state index in [0.29, 0.717) is 23.5 Å². The molecular formula is C11H14ClN3O2S. The van der Waals surface area contributed by atoms with Gasteiger partial charge in [-0.1, -0.05) is 11.6 Å². The van der Waals surface area contributed by atoms with Crippen molar-refractivity contribution < 1.29 is 9.90 Å². The van der Waals surface area contributed by atoms with Gasteiger partial charge in [-0.05, 0) is 31.3 Å². The highest BCUT2D eigenvalue weighted by atomic mass is 35.5. The van der Waals surface area contributed by atoms with Gasteiger partial charge in [0.25, 0.3) is 0 Å². The Hall–Kier alpha value is -0.850. The zero-order chi connectivity index (χ0) is 12.8. The first-order chi connectivity index (χ1) is 8.64. The zero-order valence-electron chi connectivity index (χ0n) is 9.65. The van der Waals surface area contributed by atoms with Gasteiger partial charge >= 0.3 is 6.09 Å². The van der Waals surface area contributed by atoms with Crippen molar-refractivity contribution in [1.82, 2.24) is 15.6 Å². The number of nitrogens with zero attached hydrogens (tertiary/aromatic N) is 1. The molecule has 0 aromatic carbocycles. The molecule has 1 aliphatic heterocycles. The summed E-state index contributed by atoms with van der Waals surface area (Å²) >= 11 is 7.43. The summed E-state index contributed by atoms with van der Waals surface area (Å²) in [6, 6.07) is 0. The number of rotatable bonds is 3. The van der Waals surface area contributed by atoms with Gasteiger partial charge < -0.3 is 15.7 Å². The van der Waals surface area contributed by atoms with Crippen LogP contribution in [0.1, 0.15) is 11.4 Å². The quantitative estimate of drug-likeness (QED) is 0.788. The van der Waals surface area contributed by atoms with Crippen LogP contribution >= 0.6 is 22.9 Å². The number of halogens is 1. The first-order valence-electron chi connectivity index (χ1n) is 5.93. The van der Waals surface area contributed by atoms with E-state index in [1.165, 1.54) is 11.3 Å². The maximum Gasteiger partial charge on any atom is 0.404 e. The van der Waals surface area contributed by atoms with E-state index in [2.05, 4.69) is 15.6 Å². The van der Waals surface area contributed by atoms with Gasteiger partial charge in [0.05, 0.1) is 0 Å². The molecule has 2 fully saturated rings. The van der Waals surface area contributed by atoms with Crippen molar-refractivity contribution in [3.8, 4) is 0 Å². The molecule has 98 valence electrons. The summed E-state index contributed by atoms with van der Waals surface area (Å²) in [5.41, 5.74) is -0.139. The summed E-state index contributed by atoms with van der Waals surface area (Å²) in [7, 11) is 0. The molecule has 0 radical (unpaired) electrons. The second-order valence-corrected chi connectivity index (χ2v) is 6.13. The lowest BCUT2D eigenvalue weighted by atomic mass is 10.0. The lowest BCUT2D eigenvalue weighted by Gasteiger charge is -2.14. The number of piperidine rings is 1. The number of hydrogen-bond acceptors (Lipinski definition) is 4. The molecule has 3 rings (SSSR count). The molecular weight excluding hydrogens is 274 g/mol. The first-order valence-corrected chi connectivity index (χ1v) is 7.19. The fourth-order valence-corrected chi connectivity index (χ4v) is 4.52. The van der Waals surface area contributed by atoms with E-state index >= 15 is 0 Å². The van der Waals surface area contributed by atoms with Crippen LogP contribution < -0.4 is 10.6 Å². The number of aromatic nitrogens is 1. The van der Waals surface area contributed by atoms with Crippen LogP contribution in [0.3, 0.4) is 0 Å². The molecule has 0 spiro atoms. The van der Waals surface area contributed by atoms with Crippen LogP contribution in [0, 0.1) is 11.8 Å². The standard InChI is InChI=1S/C11H14ClN3O2S/c12-8-4-18-9(15-8)11(5-14-10(16)17)6-1-2-13-3-7(6)11/h4,6-7,13-14H,1-3,5H2,(H,16,17). The van der Waals surface area contributed by atoms with Gasteiger partial charge in [0, 0.05) is 17.3 Å². The Morgan fingerprint density at radius 1 is 1.72 bits per heavy atom. The van der Waals surface area contributed by atoms with E-state index in [1.54, 1.807) is 0 Å². The largest absolute Gasteiger partial charge is 0.465 e. The molecule has 18 heavy (non-hydrogen) atoms. The van der Waals surface area contributed by atoms with Crippen molar-refractivity contribution in [2.45, 2.75) is 11.8 Å². The molecule has 2 heterocycles. The topological polar surface area (TPSA) is 74.2 Å². The highest BCUT2D eigenvalue weighted by molar-refractivity contribution is 7.10. The van der Waals surface area contributed by atoms with Crippen molar-refractivity contribution >= 4 is 29.0 Å². The number of carboxylic acid groups (broad SMARTS) is 1. The molecule has 1 saturated carbocycles. The summed E-state index contributed by atoms with van der Waals surface area (Å²) in [6.07, 6.45) is 0.0945. The summed E-state index contributed by atoms with van der Waals surface area (Å²) in [5.74, 6) is 0.994. The van der Waals surface area contributed by atoms with Gasteiger partial charge in [0.15, 0.2) is 0 Å². The Bertz CT molecular complexity index is 467. The van der Waals surface area contributed by atoms with Gasteiger partial charge in [0.1, 0.15) is 10.2 Å². The molecule has 1 aliphatic carbocycles. The van der Waals surface area contributed by atoms with Gasteiger partial charge in [-0.2, -0.15) is 0 Å². The van der Waals surface area contributed by atoms with Crippen molar-refractivity contribution in [3.63, 3.8) is 0 Å². The van der Waals surface area contributed by atoms with Crippen molar-refractivity contribution in [2.24, 2.45) is 11.8 Å². The van der Waals surface area contributed by atoms with Gasteiger partial charge in [-0.15, -0.1) is 11.3 Å². The molecule has 1 aromatic heterocycles. The Morgan fingerprint density at radius 2 is 2.56 bits per heavy atom. The van der Waals surface area contributed by atoms with E-state index in [0.717, 1.165) is 24.5 Å². The maximum atomic E-state index is 10.7. The van der Waals surface area contributed by atoms with Crippen molar-refractivity contribution in [2.75, 3.05) is 19.6 Å². The Balaban J connectivity index is 1.87. The second kappa shape index (κ2) is 4.36. The summed E-state index contributed by atoms with van der Waals surface area (Å²) < 4.78 is 0. The highest BCUT2D eigenvalue weighted by Gasteiger charge is 2.67. The van der Waals surface area contributed by atoms with Gasteiger partial charge in [0.2, 0.25) is 0 Å². The van der Waals surface area contributed by atoms with Crippen LogP contribution in [0.4, 0.5) is 4.79 Å². The summed E-state index contributed by atoms with van der Waals surface area (Å²) in [4.78, 5) is 15.1. The molecule has 3 N–H and O–H groups in total. The van der Waals surface area contributed by atoms with E-state index < -0.39 is 6.09 Å². The SMILES string of the molecule is O=C(O)NCC1(c2nc(Cl)cs2)C2CCNCC21. The molecule has 3 unspecified atom stereocenters. The van der Waals surface area contributed by atoms with Crippen molar-refractivity contribution in [1.29, 1.82) is 0 Å². The normalized spacial score (nSPS) is 33.8. The predicted octanol–water partition coefficient (Wildman–Crippen LogP) is 1.54. The third-order valence-corrected chi connectivity index (χ3v) is 5.46. The minimum Gasteiger partial charge on any atom is -0.465 e. The fourth-order valence-electron chi connectivity index (χ4n) is 3.25. The number of carbonyl (C=O) groups is 1. The van der Waals surface area contributed by atoms with E-state index in [9.17, 15) is 4.79 Å². The third-order valence-electron chi connectivity index (χ3n) is 4.10. The summed E-state index contributed by atoms with van der Waals surface area (Å²) in [6.45, 7) is 2.36. The van der Waals surface area contributed by atoms with Crippen LogP contribution in [0.2, 0.25) is 5.15 Å². The monoisotopic (exact) mass is 287 g/mol. The summed E-state index contributed by atoms with van der Waals surface area (Å²) in [5, 5.41) is 18.0. The third kappa shape index (κ3) is 1.79. The van der Waals surface area contributed by atoms with Crippen LogP contribution in [-0.2, 0) is 5.41 Å². The minimum atomic E-state index is -0.978. The molecule has 5 nitrogen and oxygen atoms in total. The van der Waals surface area contributed by atoms with E-state index in [1.807, 2.05) is 5.38 Å². The van der Waals surface area contributed by atoms with Crippen LogP contribution in [0.25, 0.3) is 0 Å². The van der Waals surface area contributed by atoms with E-state index in [4.69, 9.17) is 16.7 Å². The lowest BCUT2D eigenvalue weighted by Crippen LogP contribution is -2.33. The van der Waals surface area contributed by atoms with Crippen molar-refractivity contribution in [3.05, 3.63) is 15.5 Å². The first kappa shape index (κ1) is 12.2. The molecule has 2 aliphatic rings. The zero-order valence-corrected chi connectivity index (χ0v) is 11.2. The number of fused-ring (bicyclic) bond motifs is 1. The maximum absolute atomic E-state index is 10.7. The molecule has 7 heteroatoms. The highest BCUT2D eigenvalue weighted by Crippen LogP contribution is 2.62. The Kier molecular flexibility index (Phi) is 2.96. The molecule has 1 aromatic rings. The number of amides is 1. The average Bonchev–Trinajstić information content (AvgIpc) is 2.81. The predicted molar refractivity (Wildman–Crippen MR) is 69.3 cm³/mol. The fraction of sp³-hybridized carbons (Fsp3) is 0.636. The molecule has 3 atom stereocenters. The molecule has 0 bridgehead atoms. The van der Waals surface area contributed by atoms with Gasteiger partial charge in [-0.25, -0.2) is 9.78 Å². The smallest absolute Gasteiger partial charge is 0.404 e. The minimum absolute atomic E-state index is 0.139. The number of hydrogen-bond donors (Lipinski definition) is 3. The van der Waals surface area contributed by atoms with Crippen LogP contribution in [-0.4, -0.2) is 35.8 Å². The van der Waals surface area contributed by atoms with Gasteiger partial charge in [-0.3, -0.25) is 0 Å². The Labute approximate surface area is 114 Å².